The van der Waals surface area contributed by atoms with E-state index in [0.29, 0.717) is 36.8 Å². The highest BCUT2D eigenvalue weighted by Crippen LogP contribution is 2.32. The molecule has 3 saturated heterocycles. The molecule has 4 aliphatic rings. The van der Waals surface area contributed by atoms with Crippen LogP contribution in [0, 0.1) is 0 Å². The fourth-order valence-electron chi connectivity index (χ4n) is 7.60. The van der Waals surface area contributed by atoms with Crippen LogP contribution in [0.3, 0.4) is 0 Å². The molecular formula is C38H42N8O3. The highest BCUT2D eigenvalue weighted by atomic mass is 16.2. The average Bonchev–Trinajstić information content (AvgIpc) is 3.56. The van der Waals surface area contributed by atoms with Crippen molar-refractivity contribution in [2.75, 3.05) is 55.6 Å². The molecule has 0 spiro atoms. The third-order valence-corrected chi connectivity index (χ3v) is 10.5. The van der Waals surface area contributed by atoms with E-state index >= 15 is 0 Å². The molecule has 11 nitrogen and oxygen atoms in total. The average molecular weight is 659 g/mol. The summed E-state index contributed by atoms with van der Waals surface area (Å²) in [6, 6.07) is 21.1. The van der Waals surface area contributed by atoms with Crippen molar-refractivity contribution < 1.29 is 14.4 Å². The van der Waals surface area contributed by atoms with E-state index in [1.807, 2.05) is 24.3 Å². The maximum absolute atomic E-state index is 12.7. The number of nitrogens with one attached hydrogen (secondary N) is 3. The summed E-state index contributed by atoms with van der Waals surface area (Å²) in [5.41, 5.74) is 7.60. The minimum atomic E-state index is -0.255. The molecule has 4 aliphatic heterocycles. The standard InChI is InChI=1S/C38H42N8O3/c47-35-13-12-30(38(49)43-35)26-5-4-6-28(21-26)46-23-29(24-46)45-19-17-44(18-20-45)27-10-8-25(9-11-27)36-39-16-14-33(42-36)34-22-31-32(41-34)7-2-1-3-15-40-37(31)48/h4-6,8-11,14,16,21-22,29-30,41H,1-3,7,12-13,15,17-20,23-24H2,(H,40,48)(H,43,47,49). The van der Waals surface area contributed by atoms with Crippen molar-refractivity contribution in [1.82, 2.24) is 30.5 Å². The molecule has 1 unspecified atom stereocenters. The number of hydrogen-bond donors (Lipinski definition) is 3. The summed E-state index contributed by atoms with van der Waals surface area (Å²) in [4.78, 5) is 57.0. The van der Waals surface area contributed by atoms with E-state index in [0.717, 1.165) is 98.8 Å². The Morgan fingerprint density at radius 1 is 0.796 bits per heavy atom. The maximum Gasteiger partial charge on any atom is 0.253 e. The minimum Gasteiger partial charge on any atom is -0.369 e. The number of rotatable bonds is 6. The Kier molecular flexibility index (Phi) is 8.59. The van der Waals surface area contributed by atoms with Gasteiger partial charge < -0.3 is 20.1 Å². The number of aromatic nitrogens is 3. The van der Waals surface area contributed by atoms with Gasteiger partial charge in [-0.15, -0.1) is 0 Å². The minimum absolute atomic E-state index is 0.0194. The molecule has 4 aromatic rings. The molecule has 11 heteroatoms. The Hall–Kier alpha value is -5.03. The number of nitrogens with zero attached hydrogens (tertiary/aromatic N) is 5. The van der Waals surface area contributed by atoms with Gasteiger partial charge in [-0.3, -0.25) is 24.6 Å². The molecule has 0 aliphatic carbocycles. The van der Waals surface area contributed by atoms with Crippen molar-refractivity contribution in [3.8, 4) is 22.8 Å². The van der Waals surface area contributed by atoms with Crippen LogP contribution in [0.4, 0.5) is 11.4 Å². The van der Waals surface area contributed by atoms with Crippen LogP contribution in [0.2, 0.25) is 0 Å². The van der Waals surface area contributed by atoms with Gasteiger partial charge in [-0.2, -0.15) is 0 Å². The Bertz CT molecular complexity index is 1860. The zero-order valence-corrected chi connectivity index (χ0v) is 27.7. The van der Waals surface area contributed by atoms with Crippen LogP contribution in [0.25, 0.3) is 22.8 Å². The normalized spacial score (nSPS) is 20.8. The lowest BCUT2D eigenvalue weighted by Crippen LogP contribution is -2.63. The number of imide groups is 1. The van der Waals surface area contributed by atoms with Crippen molar-refractivity contribution in [3.05, 3.63) is 83.7 Å². The summed E-state index contributed by atoms with van der Waals surface area (Å²) in [6.45, 7) is 6.64. The highest BCUT2D eigenvalue weighted by molar-refractivity contribution is 6.01. The van der Waals surface area contributed by atoms with Crippen LogP contribution in [0.1, 0.15) is 59.6 Å². The molecule has 3 fully saturated rings. The molecule has 3 N–H and O–H groups in total. The van der Waals surface area contributed by atoms with Crippen molar-refractivity contribution >= 4 is 29.1 Å². The molecule has 8 rings (SSSR count). The van der Waals surface area contributed by atoms with Gasteiger partial charge in [0.15, 0.2) is 5.82 Å². The number of amides is 3. The summed E-state index contributed by atoms with van der Waals surface area (Å²) in [5.74, 6) is 0.0216. The van der Waals surface area contributed by atoms with Gasteiger partial charge in [-0.05, 0) is 79.8 Å². The molecule has 49 heavy (non-hydrogen) atoms. The summed E-state index contributed by atoms with van der Waals surface area (Å²) in [7, 11) is 0. The van der Waals surface area contributed by atoms with Crippen LogP contribution in [0.5, 0.6) is 0 Å². The van der Waals surface area contributed by atoms with E-state index in [1.54, 1.807) is 6.20 Å². The number of anilines is 2. The van der Waals surface area contributed by atoms with Crippen molar-refractivity contribution in [3.63, 3.8) is 0 Å². The lowest BCUT2D eigenvalue weighted by Gasteiger charge is -2.49. The summed E-state index contributed by atoms with van der Waals surface area (Å²) in [5, 5.41) is 5.51. The number of piperazine rings is 1. The lowest BCUT2D eigenvalue weighted by atomic mass is 9.90. The fourth-order valence-corrected chi connectivity index (χ4v) is 7.60. The van der Waals surface area contributed by atoms with E-state index < -0.39 is 0 Å². The summed E-state index contributed by atoms with van der Waals surface area (Å²) < 4.78 is 0. The zero-order chi connectivity index (χ0) is 33.3. The third kappa shape index (κ3) is 6.55. The number of carbonyl (C=O) groups is 3. The first kappa shape index (κ1) is 31.3. The van der Waals surface area contributed by atoms with E-state index in [1.165, 1.54) is 5.69 Å². The Morgan fingerprint density at radius 3 is 2.45 bits per heavy atom. The first-order valence-electron chi connectivity index (χ1n) is 17.6. The number of aromatic amines is 1. The SMILES string of the molecule is O=C1CCC(c2cccc(N3CC(N4CCN(c5ccc(-c6nccc(-c7cc8c([nH]7)CCCCCNC8=O)n6)cc5)CC4)C3)c2)C(=O)N1. The molecule has 0 bridgehead atoms. The first-order chi connectivity index (χ1) is 24.0. The molecule has 3 amide bonds. The second kappa shape index (κ2) is 13.5. The molecule has 1 atom stereocenters. The Balaban J connectivity index is 0.860. The second-order valence-corrected chi connectivity index (χ2v) is 13.6. The van der Waals surface area contributed by atoms with Gasteiger partial charge in [0.1, 0.15) is 0 Å². The number of benzene rings is 2. The molecular weight excluding hydrogens is 616 g/mol. The largest absolute Gasteiger partial charge is 0.369 e. The molecule has 2 aromatic carbocycles. The van der Waals surface area contributed by atoms with E-state index in [2.05, 4.69) is 71.7 Å². The number of fused-ring (bicyclic) bond motifs is 1. The number of aryl methyl sites for hydroxylation is 1. The third-order valence-electron chi connectivity index (χ3n) is 10.5. The fraction of sp³-hybridized carbons (Fsp3) is 0.395. The van der Waals surface area contributed by atoms with Crippen LogP contribution in [-0.4, -0.2) is 89.4 Å². The van der Waals surface area contributed by atoms with Gasteiger partial charge in [0.2, 0.25) is 11.8 Å². The van der Waals surface area contributed by atoms with Crippen molar-refractivity contribution in [2.45, 2.75) is 50.5 Å². The second-order valence-electron chi connectivity index (χ2n) is 13.6. The molecule has 252 valence electrons. The Morgan fingerprint density at radius 2 is 1.63 bits per heavy atom. The van der Waals surface area contributed by atoms with E-state index in [9.17, 15) is 14.4 Å². The van der Waals surface area contributed by atoms with Gasteiger partial charge >= 0.3 is 0 Å². The van der Waals surface area contributed by atoms with Crippen molar-refractivity contribution in [1.29, 1.82) is 0 Å². The van der Waals surface area contributed by atoms with Gasteiger partial charge in [-0.1, -0.05) is 18.6 Å². The maximum atomic E-state index is 12.7. The predicted octanol–water partition coefficient (Wildman–Crippen LogP) is 4.13. The van der Waals surface area contributed by atoms with E-state index in [4.69, 9.17) is 4.98 Å². The molecule has 0 saturated carbocycles. The first-order valence-corrected chi connectivity index (χ1v) is 17.6. The molecule has 0 radical (unpaired) electrons. The highest BCUT2D eigenvalue weighted by Gasteiger charge is 2.35. The molecule has 2 aromatic heterocycles. The van der Waals surface area contributed by atoms with Crippen LogP contribution in [-0.2, 0) is 16.0 Å². The van der Waals surface area contributed by atoms with Gasteiger partial charge in [-0.25, -0.2) is 9.97 Å². The van der Waals surface area contributed by atoms with Gasteiger partial charge in [0, 0.05) is 87.1 Å². The van der Waals surface area contributed by atoms with Gasteiger partial charge in [0.25, 0.3) is 5.91 Å². The number of piperidine rings is 1. The predicted molar refractivity (Wildman–Crippen MR) is 188 cm³/mol. The number of H-pyrrole nitrogens is 1. The van der Waals surface area contributed by atoms with Crippen molar-refractivity contribution in [2.24, 2.45) is 0 Å². The lowest BCUT2D eigenvalue weighted by molar-refractivity contribution is -0.134. The smallest absolute Gasteiger partial charge is 0.253 e. The quantitative estimate of drug-likeness (QED) is 0.264. The topological polar surface area (TPSA) is 127 Å². The van der Waals surface area contributed by atoms with Crippen LogP contribution in [0.15, 0.2) is 66.9 Å². The monoisotopic (exact) mass is 658 g/mol. The zero-order valence-electron chi connectivity index (χ0n) is 27.7. The van der Waals surface area contributed by atoms with Crippen LogP contribution < -0.4 is 20.4 Å². The number of carbonyl (C=O) groups excluding carboxylic acids is 3. The summed E-state index contributed by atoms with van der Waals surface area (Å²) >= 11 is 0. The summed E-state index contributed by atoms with van der Waals surface area (Å²) in [6.07, 6.45) is 6.78. The van der Waals surface area contributed by atoms with Gasteiger partial charge in [0.05, 0.1) is 22.9 Å². The molecule has 6 heterocycles. The number of hydrogen-bond acceptors (Lipinski definition) is 8. The van der Waals surface area contributed by atoms with Crippen LogP contribution >= 0.6 is 0 Å². The Labute approximate surface area is 286 Å². The van der Waals surface area contributed by atoms with E-state index in [-0.39, 0.29) is 23.6 Å².